The van der Waals surface area contributed by atoms with Gasteiger partial charge in [0.15, 0.2) is 0 Å². The summed E-state index contributed by atoms with van der Waals surface area (Å²) in [7, 11) is 1.75. The van der Waals surface area contributed by atoms with E-state index in [1.165, 1.54) is 29.5 Å². The van der Waals surface area contributed by atoms with Crippen molar-refractivity contribution in [2.45, 2.75) is 44.4 Å². The topological polar surface area (TPSA) is 9.23 Å². The average Bonchev–Trinajstić information content (AvgIpc) is 2.68. The smallest absolute Gasteiger partial charge is 0.125 e. The molecule has 1 fully saturated rings. The minimum absolute atomic E-state index is 0.274. The lowest BCUT2D eigenvalue weighted by Crippen LogP contribution is -2.08. The second-order valence-electron chi connectivity index (χ2n) is 4.68. The summed E-state index contributed by atoms with van der Waals surface area (Å²) >= 11 is 6.38. The molecular formula is C14H19ClO. The number of methoxy groups -OCH3 is 1. The van der Waals surface area contributed by atoms with Gasteiger partial charge in [0.05, 0.1) is 7.11 Å². The van der Waals surface area contributed by atoms with Crippen molar-refractivity contribution in [3.05, 3.63) is 28.8 Å². The number of rotatable bonds is 2. The van der Waals surface area contributed by atoms with Gasteiger partial charge in [0.1, 0.15) is 5.75 Å². The maximum atomic E-state index is 6.38. The van der Waals surface area contributed by atoms with Crippen LogP contribution >= 0.6 is 11.6 Å². The van der Waals surface area contributed by atoms with Crippen molar-refractivity contribution in [1.82, 2.24) is 0 Å². The van der Waals surface area contributed by atoms with Crippen molar-refractivity contribution in [3.8, 4) is 5.75 Å². The van der Waals surface area contributed by atoms with E-state index in [0.717, 1.165) is 12.2 Å². The Kier molecular flexibility index (Phi) is 3.44. The van der Waals surface area contributed by atoms with Crippen LogP contribution in [-0.2, 0) is 0 Å². The monoisotopic (exact) mass is 238 g/mol. The normalized spacial score (nSPS) is 24.8. The summed E-state index contributed by atoms with van der Waals surface area (Å²) in [5, 5.41) is 0.274. The van der Waals surface area contributed by atoms with E-state index in [1.54, 1.807) is 7.11 Å². The predicted octanol–water partition coefficient (Wildman–Crippen LogP) is 4.19. The van der Waals surface area contributed by atoms with Gasteiger partial charge in [0.25, 0.3) is 0 Å². The van der Waals surface area contributed by atoms with Crippen LogP contribution in [0.25, 0.3) is 0 Å². The molecule has 0 bridgehead atoms. The molecular weight excluding hydrogens is 220 g/mol. The van der Waals surface area contributed by atoms with Gasteiger partial charge in [-0.05, 0) is 43.4 Å². The van der Waals surface area contributed by atoms with E-state index in [2.05, 4.69) is 26.0 Å². The van der Waals surface area contributed by atoms with E-state index >= 15 is 0 Å². The molecule has 0 heterocycles. The Morgan fingerprint density at radius 2 is 2.00 bits per heavy atom. The van der Waals surface area contributed by atoms with Crippen LogP contribution in [0.2, 0.25) is 0 Å². The van der Waals surface area contributed by atoms with Crippen LogP contribution in [0.4, 0.5) is 0 Å². The molecule has 2 rings (SSSR count). The minimum atomic E-state index is 0.274. The Hall–Kier alpha value is -0.690. The molecule has 16 heavy (non-hydrogen) atoms. The molecule has 0 N–H and O–H groups in total. The van der Waals surface area contributed by atoms with E-state index in [-0.39, 0.29) is 5.38 Å². The van der Waals surface area contributed by atoms with E-state index in [1.807, 2.05) is 0 Å². The van der Waals surface area contributed by atoms with Gasteiger partial charge in [0, 0.05) is 11.3 Å². The van der Waals surface area contributed by atoms with Crippen molar-refractivity contribution < 1.29 is 4.74 Å². The van der Waals surface area contributed by atoms with Gasteiger partial charge in [-0.1, -0.05) is 18.6 Å². The van der Waals surface area contributed by atoms with Crippen LogP contribution in [0.5, 0.6) is 5.75 Å². The molecule has 1 nitrogen and oxygen atoms in total. The molecule has 1 saturated carbocycles. The van der Waals surface area contributed by atoms with E-state index in [9.17, 15) is 0 Å². The highest BCUT2D eigenvalue weighted by Crippen LogP contribution is 2.43. The van der Waals surface area contributed by atoms with E-state index in [4.69, 9.17) is 16.3 Å². The van der Waals surface area contributed by atoms with E-state index in [0.29, 0.717) is 5.92 Å². The molecule has 0 spiro atoms. The van der Waals surface area contributed by atoms with Crippen LogP contribution in [0.1, 0.15) is 41.9 Å². The van der Waals surface area contributed by atoms with Gasteiger partial charge in [-0.2, -0.15) is 0 Å². The second kappa shape index (κ2) is 4.67. The van der Waals surface area contributed by atoms with Crippen LogP contribution in [0.3, 0.4) is 0 Å². The third-order valence-corrected chi connectivity index (χ3v) is 4.26. The summed E-state index contributed by atoms with van der Waals surface area (Å²) in [5.74, 6) is 1.51. The van der Waals surface area contributed by atoms with Crippen LogP contribution in [0.15, 0.2) is 12.1 Å². The Bertz CT molecular complexity index is 387. The number of hydrogen-bond acceptors (Lipinski definition) is 1. The number of hydrogen-bond donors (Lipinski definition) is 0. The molecule has 1 aliphatic rings. The van der Waals surface area contributed by atoms with Crippen LogP contribution in [0, 0.1) is 13.8 Å². The standard InChI is InChI=1S/C14H19ClO/c1-9-7-8-12(14(16-3)10(9)2)11-5-4-6-13(11)15/h7-8,11,13H,4-6H2,1-3H3. The quantitative estimate of drug-likeness (QED) is 0.703. The van der Waals surface area contributed by atoms with Crippen LogP contribution in [-0.4, -0.2) is 12.5 Å². The van der Waals surface area contributed by atoms with Gasteiger partial charge >= 0.3 is 0 Å². The van der Waals surface area contributed by atoms with Gasteiger partial charge in [-0.25, -0.2) is 0 Å². The Morgan fingerprint density at radius 3 is 2.56 bits per heavy atom. The van der Waals surface area contributed by atoms with Gasteiger partial charge in [-0.15, -0.1) is 11.6 Å². The summed E-state index contributed by atoms with van der Waals surface area (Å²) < 4.78 is 5.56. The zero-order valence-electron chi connectivity index (χ0n) is 10.2. The predicted molar refractivity (Wildman–Crippen MR) is 68.7 cm³/mol. The fourth-order valence-electron chi connectivity index (χ4n) is 2.64. The number of alkyl halides is 1. The number of benzene rings is 1. The largest absolute Gasteiger partial charge is 0.496 e. The third kappa shape index (κ3) is 1.93. The fraction of sp³-hybridized carbons (Fsp3) is 0.571. The van der Waals surface area contributed by atoms with Crippen molar-refractivity contribution in [2.24, 2.45) is 0 Å². The maximum Gasteiger partial charge on any atom is 0.125 e. The highest BCUT2D eigenvalue weighted by molar-refractivity contribution is 6.21. The van der Waals surface area contributed by atoms with Crippen molar-refractivity contribution in [3.63, 3.8) is 0 Å². The van der Waals surface area contributed by atoms with Gasteiger partial charge < -0.3 is 4.74 Å². The van der Waals surface area contributed by atoms with E-state index < -0.39 is 0 Å². The Morgan fingerprint density at radius 1 is 1.25 bits per heavy atom. The first-order valence-electron chi connectivity index (χ1n) is 5.93. The SMILES string of the molecule is COc1c(C2CCCC2Cl)ccc(C)c1C. The molecule has 1 aliphatic carbocycles. The zero-order chi connectivity index (χ0) is 11.7. The third-order valence-electron chi connectivity index (χ3n) is 3.74. The summed E-state index contributed by atoms with van der Waals surface area (Å²) in [4.78, 5) is 0. The van der Waals surface area contributed by atoms with Crippen molar-refractivity contribution >= 4 is 11.6 Å². The first kappa shape index (κ1) is 11.8. The molecule has 0 radical (unpaired) electrons. The minimum Gasteiger partial charge on any atom is -0.496 e. The molecule has 0 aromatic heterocycles. The molecule has 88 valence electrons. The molecule has 2 heteroatoms. The number of ether oxygens (including phenoxy) is 1. The second-order valence-corrected chi connectivity index (χ2v) is 5.24. The average molecular weight is 239 g/mol. The maximum absolute atomic E-state index is 6.38. The number of aryl methyl sites for hydroxylation is 1. The summed E-state index contributed by atoms with van der Waals surface area (Å²) in [6, 6.07) is 4.36. The lowest BCUT2D eigenvalue weighted by molar-refractivity contribution is 0.402. The number of halogens is 1. The molecule has 1 aromatic rings. The molecule has 0 saturated heterocycles. The fourth-order valence-corrected chi connectivity index (χ4v) is 3.06. The zero-order valence-corrected chi connectivity index (χ0v) is 11.0. The van der Waals surface area contributed by atoms with Crippen LogP contribution < -0.4 is 4.74 Å². The van der Waals surface area contributed by atoms with Crippen molar-refractivity contribution in [2.75, 3.05) is 7.11 Å². The molecule has 0 amide bonds. The Labute approximate surface area is 103 Å². The molecule has 2 unspecified atom stereocenters. The molecule has 2 atom stereocenters. The highest BCUT2D eigenvalue weighted by Gasteiger charge is 2.29. The highest BCUT2D eigenvalue weighted by atomic mass is 35.5. The lowest BCUT2D eigenvalue weighted by Gasteiger charge is -2.20. The first-order chi connectivity index (χ1) is 7.65. The lowest BCUT2D eigenvalue weighted by atomic mass is 9.93. The summed E-state index contributed by atoms with van der Waals surface area (Å²) in [5.41, 5.74) is 3.82. The summed E-state index contributed by atoms with van der Waals surface area (Å²) in [6.07, 6.45) is 3.55. The van der Waals surface area contributed by atoms with Crippen molar-refractivity contribution in [1.29, 1.82) is 0 Å². The Balaban J connectivity index is 2.44. The molecule has 0 aliphatic heterocycles. The molecule has 1 aromatic carbocycles. The van der Waals surface area contributed by atoms with Gasteiger partial charge in [-0.3, -0.25) is 0 Å². The summed E-state index contributed by atoms with van der Waals surface area (Å²) in [6.45, 7) is 4.24. The van der Waals surface area contributed by atoms with Gasteiger partial charge in [0.2, 0.25) is 0 Å². The first-order valence-corrected chi connectivity index (χ1v) is 6.37.